The van der Waals surface area contributed by atoms with E-state index < -0.39 is 5.97 Å². The van der Waals surface area contributed by atoms with E-state index in [2.05, 4.69) is 5.32 Å². The van der Waals surface area contributed by atoms with Crippen molar-refractivity contribution in [3.05, 3.63) is 58.3 Å². The van der Waals surface area contributed by atoms with E-state index in [9.17, 15) is 9.59 Å². The van der Waals surface area contributed by atoms with Crippen LogP contribution in [0.25, 0.3) is 0 Å². The highest BCUT2D eigenvalue weighted by atomic mass is 32.1. The first-order valence-electron chi connectivity index (χ1n) is 6.26. The fourth-order valence-electron chi connectivity index (χ4n) is 1.91. The van der Waals surface area contributed by atoms with E-state index in [1.165, 1.54) is 11.3 Å². The predicted molar refractivity (Wildman–Crippen MR) is 77.8 cm³/mol. The molecule has 1 unspecified atom stereocenters. The van der Waals surface area contributed by atoms with Crippen molar-refractivity contribution in [2.75, 3.05) is 0 Å². The van der Waals surface area contributed by atoms with Crippen LogP contribution >= 0.6 is 11.3 Å². The van der Waals surface area contributed by atoms with Crippen LogP contribution in [0.4, 0.5) is 0 Å². The Morgan fingerprint density at radius 3 is 2.55 bits per heavy atom. The Morgan fingerprint density at radius 2 is 1.95 bits per heavy atom. The zero-order valence-electron chi connectivity index (χ0n) is 10.8. The quantitative estimate of drug-likeness (QED) is 0.858. The van der Waals surface area contributed by atoms with Gasteiger partial charge in [0.15, 0.2) is 0 Å². The Hall–Kier alpha value is -2.14. The lowest BCUT2D eigenvalue weighted by molar-refractivity contribution is -0.137. The molecule has 20 heavy (non-hydrogen) atoms. The molecule has 1 aromatic heterocycles. The second-order valence-electron chi connectivity index (χ2n) is 4.38. The summed E-state index contributed by atoms with van der Waals surface area (Å²) in [5, 5.41) is 15.3. The van der Waals surface area contributed by atoms with E-state index in [1.807, 2.05) is 35.7 Å². The van der Waals surface area contributed by atoms with Gasteiger partial charge in [0.1, 0.15) is 0 Å². The number of amides is 1. The zero-order valence-corrected chi connectivity index (χ0v) is 11.6. The van der Waals surface area contributed by atoms with Crippen molar-refractivity contribution in [2.24, 2.45) is 0 Å². The molecule has 1 atom stereocenters. The molecule has 4 nitrogen and oxygen atoms in total. The van der Waals surface area contributed by atoms with E-state index in [0.29, 0.717) is 12.0 Å². The first-order valence-corrected chi connectivity index (χ1v) is 7.21. The van der Waals surface area contributed by atoms with Crippen LogP contribution in [0.15, 0.2) is 47.2 Å². The van der Waals surface area contributed by atoms with Crippen LogP contribution in [-0.4, -0.2) is 17.0 Å². The van der Waals surface area contributed by atoms with Gasteiger partial charge in [-0.25, -0.2) is 0 Å². The summed E-state index contributed by atoms with van der Waals surface area (Å²) in [6.45, 7) is 0. The lowest BCUT2D eigenvalue weighted by Crippen LogP contribution is -2.28. The summed E-state index contributed by atoms with van der Waals surface area (Å²) in [4.78, 5) is 22.8. The average molecular weight is 289 g/mol. The average Bonchev–Trinajstić information content (AvgIpc) is 2.98. The number of rotatable bonds is 6. The SMILES string of the molecule is O=C(O)CCC(NC(=O)c1ccsc1)c1ccccc1. The van der Waals surface area contributed by atoms with Crippen LogP contribution in [-0.2, 0) is 4.79 Å². The van der Waals surface area contributed by atoms with E-state index in [4.69, 9.17) is 5.11 Å². The number of hydrogen-bond donors (Lipinski definition) is 2. The molecule has 104 valence electrons. The molecule has 1 amide bonds. The number of aliphatic carboxylic acids is 1. The van der Waals surface area contributed by atoms with Crippen LogP contribution in [0.5, 0.6) is 0 Å². The van der Waals surface area contributed by atoms with Crippen molar-refractivity contribution in [3.63, 3.8) is 0 Å². The molecule has 5 heteroatoms. The highest BCUT2D eigenvalue weighted by Crippen LogP contribution is 2.19. The summed E-state index contributed by atoms with van der Waals surface area (Å²) in [6.07, 6.45) is 0.388. The minimum atomic E-state index is -0.865. The van der Waals surface area contributed by atoms with Crippen molar-refractivity contribution >= 4 is 23.2 Å². The molecule has 0 aliphatic heterocycles. The topological polar surface area (TPSA) is 66.4 Å². The first kappa shape index (κ1) is 14.3. The highest BCUT2D eigenvalue weighted by molar-refractivity contribution is 7.08. The molecule has 0 bridgehead atoms. The van der Waals surface area contributed by atoms with Crippen molar-refractivity contribution in [1.29, 1.82) is 0 Å². The lowest BCUT2D eigenvalue weighted by atomic mass is 10.0. The molecule has 2 aromatic rings. The van der Waals surface area contributed by atoms with Gasteiger partial charge in [0.2, 0.25) is 0 Å². The van der Waals surface area contributed by atoms with Gasteiger partial charge in [0.25, 0.3) is 5.91 Å². The number of hydrogen-bond acceptors (Lipinski definition) is 3. The molecule has 1 heterocycles. The Kier molecular flexibility index (Phi) is 4.90. The minimum Gasteiger partial charge on any atom is -0.481 e. The number of thiophene rings is 1. The Labute approximate surface area is 121 Å². The van der Waals surface area contributed by atoms with Gasteiger partial charge >= 0.3 is 5.97 Å². The monoisotopic (exact) mass is 289 g/mol. The van der Waals surface area contributed by atoms with Gasteiger partial charge in [-0.15, -0.1) is 0 Å². The first-order chi connectivity index (χ1) is 9.66. The molecular formula is C15H15NO3S. The number of benzene rings is 1. The Bertz CT molecular complexity index is 566. The van der Waals surface area contributed by atoms with Crippen LogP contribution < -0.4 is 5.32 Å². The second-order valence-corrected chi connectivity index (χ2v) is 5.16. The van der Waals surface area contributed by atoms with E-state index in [-0.39, 0.29) is 18.4 Å². The van der Waals surface area contributed by atoms with Crippen LogP contribution in [0.1, 0.15) is 34.8 Å². The summed E-state index contributed by atoms with van der Waals surface area (Å²) in [7, 11) is 0. The van der Waals surface area contributed by atoms with Crippen molar-refractivity contribution < 1.29 is 14.7 Å². The fraction of sp³-hybridized carbons (Fsp3) is 0.200. The third-order valence-corrected chi connectivity index (χ3v) is 3.62. The highest BCUT2D eigenvalue weighted by Gasteiger charge is 2.17. The molecule has 2 rings (SSSR count). The molecular weight excluding hydrogens is 274 g/mol. The zero-order chi connectivity index (χ0) is 14.4. The maximum absolute atomic E-state index is 12.1. The number of carbonyl (C=O) groups excluding carboxylic acids is 1. The molecule has 2 N–H and O–H groups in total. The summed E-state index contributed by atoms with van der Waals surface area (Å²) in [6, 6.07) is 10.9. The van der Waals surface area contributed by atoms with Gasteiger partial charge in [0, 0.05) is 11.8 Å². The molecule has 0 radical (unpaired) electrons. The smallest absolute Gasteiger partial charge is 0.303 e. The second kappa shape index (κ2) is 6.86. The minimum absolute atomic E-state index is 0.0173. The summed E-state index contributed by atoms with van der Waals surface area (Å²) < 4.78 is 0. The summed E-state index contributed by atoms with van der Waals surface area (Å²) in [5.41, 5.74) is 1.52. The predicted octanol–water partition coefficient (Wildman–Crippen LogP) is 3.08. The van der Waals surface area contributed by atoms with Crippen molar-refractivity contribution in [3.8, 4) is 0 Å². The van der Waals surface area contributed by atoms with Gasteiger partial charge in [-0.05, 0) is 23.4 Å². The maximum atomic E-state index is 12.1. The molecule has 0 aliphatic carbocycles. The largest absolute Gasteiger partial charge is 0.481 e. The molecule has 0 saturated heterocycles. The Balaban J connectivity index is 2.10. The summed E-state index contributed by atoms with van der Waals surface area (Å²) >= 11 is 1.45. The van der Waals surface area contributed by atoms with Gasteiger partial charge in [-0.1, -0.05) is 30.3 Å². The molecule has 1 aromatic carbocycles. The number of carboxylic acid groups (broad SMARTS) is 1. The number of carbonyl (C=O) groups is 2. The molecule has 0 saturated carbocycles. The Morgan fingerprint density at radius 1 is 1.20 bits per heavy atom. The van der Waals surface area contributed by atoms with Crippen LogP contribution in [0, 0.1) is 0 Å². The number of carboxylic acids is 1. The van der Waals surface area contributed by atoms with Crippen molar-refractivity contribution in [2.45, 2.75) is 18.9 Å². The molecule has 0 spiro atoms. The molecule has 0 fully saturated rings. The summed E-state index contributed by atoms with van der Waals surface area (Å²) in [5.74, 6) is -1.04. The third-order valence-electron chi connectivity index (χ3n) is 2.94. The normalized spacial score (nSPS) is 11.8. The van der Waals surface area contributed by atoms with E-state index in [1.54, 1.807) is 11.4 Å². The molecule has 0 aliphatic rings. The van der Waals surface area contributed by atoms with E-state index in [0.717, 1.165) is 5.56 Å². The van der Waals surface area contributed by atoms with E-state index >= 15 is 0 Å². The fourth-order valence-corrected chi connectivity index (χ4v) is 2.55. The van der Waals surface area contributed by atoms with Gasteiger partial charge in [-0.3, -0.25) is 9.59 Å². The van der Waals surface area contributed by atoms with Crippen molar-refractivity contribution in [1.82, 2.24) is 5.32 Å². The third kappa shape index (κ3) is 3.93. The standard InChI is InChI=1S/C15H15NO3S/c17-14(18)7-6-13(11-4-2-1-3-5-11)16-15(19)12-8-9-20-10-12/h1-5,8-10,13H,6-7H2,(H,16,19)(H,17,18). The number of nitrogens with one attached hydrogen (secondary N) is 1. The van der Waals surface area contributed by atoms with Gasteiger partial charge in [-0.2, -0.15) is 11.3 Å². The van der Waals surface area contributed by atoms with Crippen LogP contribution in [0.3, 0.4) is 0 Å². The van der Waals surface area contributed by atoms with Gasteiger partial charge in [0.05, 0.1) is 11.6 Å². The maximum Gasteiger partial charge on any atom is 0.303 e. The van der Waals surface area contributed by atoms with Gasteiger partial charge < -0.3 is 10.4 Å². The van der Waals surface area contributed by atoms with Crippen LogP contribution in [0.2, 0.25) is 0 Å². The lowest BCUT2D eigenvalue weighted by Gasteiger charge is -2.18.